The van der Waals surface area contributed by atoms with Crippen LogP contribution < -0.4 is 0 Å². The molecule has 0 fully saturated rings. The van der Waals surface area contributed by atoms with E-state index in [1.54, 1.807) is 0 Å². The van der Waals surface area contributed by atoms with Gasteiger partial charge in [0.2, 0.25) is 0 Å². The van der Waals surface area contributed by atoms with E-state index >= 15 is 0 Å². The number of aromatic nitrogens is 2. The lowest BCUT2D eigenvalue weighted by Crippen LogP contribution is -2.01. The van der Waals surface area contributed by atoms with Crippen LogP contribution in [0.2, 0.25) is 0 Å². The molecule has 0 aliphatic heterocycles. The smallest absolute Gasteiger partial charge is 0.141 e. The average molecular weight is 381 g/mol. The Kier molecular flexibility index (Phi) is 8.07. The van der Waals surface area contributed by atoms with Crippen LogP contribution in [0, 0.1) is 5.82 Å². The molecule has 0 N–H and O–H groups in total. The number of para-hydroxylation sites is 2. The summed E-state index contributed by atoms with van der Waals surface area (Å²) in [5, 5.41) is 0. The molecule has 0 radical (unpaired) electrons. The zero-order chi connectivity index (χ0) is 19.6. The number of hydrogen-bond donors (Lipinski definition) is 0. The van der Waals surface area contributed by atoms with Gasteiger partial charge in [-0.05, 0) is 42.8 Å². The van der Waals surface area contributed by atoms with E-state index in [1.807, 2.05) is 18.2 Å². The highest BCUT2D eigenvalue weighted by molar-refractivity contribution is 5.80. The Morgan fingerprint density at radius 1 is 0.750 bits per heavy atom. The van der Waals surface area contributed by atoms with Crippen LogP contribution in [-0.2, 0) is 6.54 Å². The first kappa shape index (κ1) is 20.6. The summed E-state index contributed by atoms with van der Waals surface area (Å²) in [4.78, 5) is 4.82. The molecule has 0 atom stereocenters. The normalized spacial score (nSPS) is 11.4. The number of aryl methyl sites for hydroxylation is 1. The summed E-state index contributed by atoms with van der Waals surface area (Å²) in [5.74, 6) is 0.734. The highest BCUT2D eigenvalue weighted by Crippen LogP contribution is 2.26. The van der Waals surface area contributed by atoms with Crippen LogP contribution in [0.15, 0.2) is 48.5 Å². The molecular formula is C25H33FN2. The van der Waals surface area contributed by atoms with Gasteiger partial charge in [-0.1, -0.05) is 76.8 Å². The highest BCUT2D eigenvalue weighted by atomic mass is 19.1. The molecule has 3 rings (SSSR count). The van der Waals surface area contributed by atoms with E-state index in [2.05, 4.69) is 29.7 Å². The molecule has 0 saturated heterocycles. The topological polar surface area (TPSA) is 17.8 Å². The van der Waals surface area contributed by atoms with Gasteiger partial charge in [0.15, 0.2) is 0 Å². The van der Waals surface area contributed by atoms with Gasteiger partial charge >= 0.3 is 0 Å². The SMILES string of the molecule is CCCCCCCCCCCCn1c(-c2ccc(F)cc2)nc2ccccc21. The van der Waals surface area contributed by atoms with Crippen molar-refractivity contribution in [2.75, 3.05) is 0 Å². The zero-order valence-electron chi connectivity index (χ0n) is 17.2. The van der Waals surface area contributed by atoms with E-state index in [0.717, 1.165) is 35.4 Å². The van der Waals surface area contributed by atoms with Gasteiger partial charge in [-0.15, -0.1) is 0 Å². The third kappa shape index (κ3) is 5.67. The summed E-state index contributed by atoms with van der Waals surface area (Å²) < 4.78 is 15.6. The molecule has 1 aromatic heterocycles. The quantitative estimate of drug-likeness (QED) is 0.293. The van der Waals surface area contributed by atoms with Crippen molar-refractivity contribution < 1.29 is 4.39 Å². The van der Waals surface area contributed by atoms with Crippen LogP contribution in [-0.4, -0.2) is 9.55 Å². The number of benzene rings is 2. The maximum absolute atomic E-state index is 13.3. The zero-order valence-corrected chi connectivity index (χ0v) is 17.2. The molecule has 0 saturated carbocycles. The van der Waals surface area contributed by atoms with Crippen LogP contribution >= 0.6 is 0 Å². The monoisotopic (exact) mass is 380 g/mol. The van der Waals surface area contributed by atoms with E-state index in [4.69, 9.17) is 4.98 Å². The second-order valence-electron chi connectivity index (χ2n) is 7.76. The first-order chi connectivity index (χ1) is 13.8. The summed E-state index contributed by atoms with van der Waals surface area (Å²) in [5.41, 5.74) is 3.15. The van der Waals surface area contributed by atoms with Crippen LogP contribution in [0.25, 0.3) is 22.4 Å². The minimum absolute atomic E-state index is 0.207. The van der Waals surface area contributed by atoms with E-state index in [9.17, 15) is 4.39 Å². The van der Waals surface area contributed by atoms with Gasteiger partial charge in [0.25, 0.3) is 0 Å². The van der Waals surface area contributed by atoms with Gasteiger partial charge in [0.1, 0.15) is 11.6 Å². The van der Waals surface area contributed by atoms with Crippen molar-refractivity contribution in [2.24, 2.45) is 0 Å². The van der Waals surface area contributed by atoms with E-state index in [-0.39, 0.29) is 5.82 Å². The molecule has 3 aromatic rings. The van der Waals surface area contributed by atoms with Crippen molar-refractivity contribution in [1.82, 2.24) is 9.55 Å². The summed E-state index contributed by atoms with van der Waals surface area (Å²) in [6, 6.07) is 14.9. The maximum atomic E-state index is 13.3. The molecule has 2 aromatic carbocycles. The minimum atomic E-state index is -0.207. The lowest BCUT2D eigenvalue weighted by Gasteiger charge is -2.09. The highest BCUT2D eigenvalue weighted by Gasteiger charge is 2.12. The Morgan fingerprint density at radius 3 is 2.04 bits per heavy atom. The average Bonchev–Trinajstić information content (AvgIpc) is 3.08. The van der Waals surface area contributed by atoms with Crippen molar-refractivity contribution in [3.63, 3.8) is 0 Å². The largest absolute Gasteiger partial charge is 0.324 e. The van der Waals surface area contributed by atoms with E-state index in [0.29, 0.717) is 0 Å². The number of nitrogens with zero attached hydrogens (tertiary/aromatic N) is 2. The fourth-order valence-electron chi connectivity index (χ4n) is 3.88. The van der Waals surface area contributed by atoms with E-state index in [1.165, 1.54) is 69.9 Å². The Balaban J connectivity index is 1.54. The fourth-order valence-corrected chi connectivity index (χ4v) is 3.88. The second-order valence-corrected chi connectivity index (χ2v) is 7.76. The summed E-state index contributed by atoms with van der Waals surface area (Å²) in [6.45, 7) is 3.23. The molecule has 0 spiro atoms. The second kappa shape index (κ2) is 11.0. The standard InChI is InChI=1S/C25H33FN2/c1-2-3-4-5-6-7-8-9-10-13-20-28-24-15-12-11-14-23(24)27-25(28)21-16-18-22(26)19-17-21/h11-12,14-19H,2-10,13,20H2,1H3. The summed E-state index contributed by atoms with van der Waals surface area (Å²) in [6.07, 6.45) is 13.3. The number of halogens is 1. The van der Waals surface area contributed by atoms with Gasteiger partial charge in [0.05, 0.1) is 11.0 Å². The van der Waals surface area contributed by atoms with Crippen molar-refractivity contribution in [3.05, 3.63) is 54.3 Å². The van der Waals surface area contributed by atoms with Gasteiger partial charge in [-0.2, -0.15) is 0 Å². The molecule has 0 amide bonds. The molecule has 28 heavy (non-hydrogen) atoms. The van der Waals surface area contributed by atoms with Crippen molar-refractivity contribution in [2.45, 2.75) is 77.7 Å². The molecule has 2 nitrogen and oxygen atoms in total. The number of imidazole rings is 1. The van der Waals surface area contributed by atoms with Crippen LogP contribution in [0.4, 0.5) is 4.39 Å². The molecule has 0 aliphatic carbocycles. The lowest BCUT2D eigenvalue weighted by molar-refractivity contribution is 0.539. The Hall–Kier alpha value is -2.16. The molecule has 1 heterocycles. The summed E-state index contributed by atoms with van der Waals surface area (Å²) >= 11 is 0. The summed E-state index contributed by atoms with van der Waals surface area (Å²) in [7, 11) is 0. The van der Waals surface area contributed by atoms with Crippen LogP contribution in [0.1, 0.15) is 71.1 Å². The minimum Gasteiger partial charge on any atom is -0.324 e. The van der Waals surface area contributed by atoms with Crippen molar-refractivity contribution >= 4 is 11.0 Å². The van der Waals surface area contributed by atoms with Crippen LogP contribution in [0.5, 0.6) is 0 Å². The Bertz CT molecular complexity index is 835. The Morgan fingerprint density at radius 2 is 1.36 bits per heavy atom. The third-order valence-electron chi connectivity index (χ3n) is 5.49. The Labute approximate surface area is 168 Å². The predicted octanol–water partition coefficient (Wildman–Crippen LogP) is 7.76. The van der Waals surface area contributed by atoms with Gasteiger partial charge in [-0.25, -0.2) is 9.37 Å². The molecule has 3 heteroatoms. The third-order valence-corrected chi connectivity index (χ3v) is 5.49. The number of fused-ring (bicyclic) bond motifs is 1. The number of unbranched alkanes of at least 4 members (excludes halogenated alkanes) is 9. The van der Waals surface area contributed by atoms with Gasteiger partial charge < -0.3 is 4.57 Å². The maximum Gasteiger partial charge on any atom is 0.141 e. The van der Waals surface area contributed by atoms with E-state index < -0.39 is 0 Å². The molecule has 0 unspecified atom stereocenters. The molecule has 0 aliphatic rings. The number of hydrogen-bond acceptors (Lipinski definition) is 1. The van der Waals surface area contributed by atoms with Crippen molar-refractivity contribution in [3.8, 4) is 11.4 Å². The molecular weight excluding hydrogens is 347 g/mol. The lowest BCUT2D eigenvalue weighted by atomic mass is 10.1. The molecule has 150 valence electrons. The first-order valence-corrected chi connectivity index (χ1v) is 11.0. The fraction of sp³-hybridized carbons (Fsp3) is 0.480. The number of rotatable bonds is 12. The predicted molar refractivity (Wildman–Crippen MR) is 117 cm³/mol. The van der Waals surface area contributed by atoms with Crippen molar-refractivity contribution in [1.29, 1.82) is 0 Å². The van der Waals surface area contributed by atoms with Crippen LogP contribution in [0.3, 0.4) is 0 Å². The first-order valence-electron chi connectivity index (χ1n) is 11.0. The molecule has 0 bridgehead atoms. The van der Waals surface area contributed by atoms with Gasteiger partial charge in [0, 0.05) is 12.1 Å². The van der Waals surface area contributed by atoms with Gasteiger partial charge in [-0.3, -0.25) is 0 Å².